The molecule has 3 nitrogen and oxygen atoms in total. The van der Waals surface area contributed by atoms with Gasteiger partial charge in [0.15, 0.2) is 0 Å². The minimum Gasteiger partial charge on any atom is -0.311 e. The van der Waals surface area contributed by atoms with Crippen molar-refractivity contribution in [2.75, 3.05) is 11.5 Å². The molecule has 1 aliphatic heterocycles. The summed E-state index contributed by atoms with van der Waals surface area (Å²) >= 11 is 0. The zero-order chi connectivity index (χ0) is 14.8. The molecule has 0 unspecified atom stereocenters. The van der Waals surface area contributed by atoms with Crippen LogP contribution in [0, 0.1) is 0 Å². The quantitative estimate of drug-likeness (QED) is 0.626. The van der Waals surface area contributed by atoms with Crippen LogP contribution in [0.3, 0.4) is 0 Å². The lowest BCUT2D eigenvalue weighted by Gasteiger charge is -2.28. The standard InChI is InChI=1S/C16H33NO2S/c1-3-5-7-9-15(10-8-6-4-2)17-16-11-13-20(18,19)14-12-16/h15-17H,3-14H2,1-2H3. The number of hydrogen-bond donors (Lipinski definition) is 1. The van der Waals surface area contributed by atoms with E-state index in [1.54, 1.807) is 0 Å². The summed E-state index contributed by atoms with van der Waals surface area (Å²) in [6.45, 7) is 4.48. The number of hydrogen-bond acceptors (Lipinski definition) is 3. The smallest absolute Gasteiger partial charge is 0.150 e. The average Bonchev–Trinajstić information content (AvgIpc) is 2.41. The minimum atomic E-state index is -2.73. The van der Waals surface area contributed by atoms with E-state index < -0.39 is 9.84 Å². The summed E-state index contributed by atoms with van der Waals surface area (Å²) in [5, 5.41) is 3.75. The lowest BCUT2D eigenvalue weighted by molar-refractivity contribution is 0.352. The van der Waals surface area contributed by atoms with Crippen LogP contribution in [0.4, 0.5) is 0 Å². The molecule has 0 bridgehead atoms. The van der Waals surface area contributed by atoms with Crippen LogP contribution < -0.4 is 5.32 Å². The average molecular weight is 304 g/mol. The molecule has 1 heterocycles. The van der Waals surface area contributed by atoms with Crippen LogP contribution in [0.1, 0.15) is 78.1 Å². The molecule has 0 amide bonds. The van der Waals surface area contributed by atoms with Gasteiger partial charge < -0.3 is 5.32 Å². The highest BCUT2D eigenvalue weighted by molar-refractivity contribution is 7.91. The van der Waals surface area contributed by atoms with Crippen molar-refractivity contribution in [3.8, 4) is 0 Å². The van der Waals surface area contributed by atoms with Crippen molar-refractivity contribution in [3.63, 3.8) is 0 Å². The summed E-state index contributed by atoms with van der Waals surface area (Å²) in [6.07, 6.45) is 11.9. The third-order valence-corrected chi connectivity index (χ3v) is 6.05. The molecule has 0 aromatic heterocycles. The largest absolute Gasteiger partial charge is 0.311 e. The predicted molar refractivity (Wildman–Crippen MR) is 86.9 cm³/mol. The van der Waals surface area contributed by atoms with Crippen molar-refractivity contribution in [1.29, 1.82) is 0 Å². The molecule has 0 atom stereocenters. The molecular weight excluding hydrogens is 270 g/mol. The number of sulfone groups is 1. The van der Waals surface area contributed by atoms with Gasteiger partial charge in [-0.25, -0.2) is 8.42 Å². The zero-order valence-electron chi connectivity index (χ0n) is 13.4. The van der Waals surface area contributed by atoms with Gasteiger partial charge in [-0.1, -0.05) is 52.4 Å². The van der Waals surface area contributed by atoms with Crippen molar-refractivity contribution in [2.45, 2.75) is 90.1 Å². The molecule has 120 valence electrons. The molecule has 0 spiro atoms. The normalized spacial score (nSPS) is 19.6. The highest BCUT2D eigenvalue weighted by Crippen LogP contribution is 2.17. The predicted octanol–water partition coefficient (Wildman–Crippen LogP) is 3.68. The second-order valence-corrected chi connectivity index (χ2v) is 8.58. The molecule has 0 radical (unpaired) electrons. The lowest BCUT2D eigenvalue weighted by Crippen LogP contribution is -2.43. The van der Waals surface area contributed by atoms with Gasteiger partial charge in [-0.3, -0.25) is 0 Å². The SMILES string of the molecule is CCCCCC(CCCCC)NC1CCS(=O)(=O)CC1. The molecule has 0 aromatic carbocycles. The second kappa shape index (κ2) is 9.78. The molecule has 4 heteroatoms. The van der Waals surface area contributed by atoms with E-state index in [2.05, 4.69) is 19.2 Å². The second-order valence-electron chi connectivity index (χ2n) is 6.28. The summed E-state index contributed by atoms with van der Waals surface area (Å²) in [5.74, 6) is 0.753. The lowest BCUT2D eigenvalue weighted by atomic mass is 10.00. The van der Waals surface area contributed by atoms with E-state index in [0.717, 1.165) is 12.8 Å². The van der Waals surface area contributed by atoms with Gasteiger partial charge in [0.05, 0.1) is 11.5 Å². The highest BCUT2D eigenvalue weighted by atomic mass is 32.2. The Bertz CT molecular complexity index is 316. The van der Waals surface area contributed by atoms with Crippen LogP contribution in [0.15, 0.2) is 0 Å². The van der Waals surface area contributed by atoms with Gasteiger partial charge in [0.2, 0.25) is 0 Å². The Kier molecular flexibility index (Phi) is 8.78. The Hall–Kier alpha value is -0.0900. The molecule has 1 rings (SSSR count). The molecular formula is C16H33NO2S. The Morgan fingerprint density at radius 1 is 0.950 bits per heavy atom. The van der Waals surface area contributed by atoms with Gasteiger partial charge in [0, 0.05) is 12.1 Å². The Morgan fingerprint density at radius 2 is 1.45 bits per heavy atom. The first-order valence-corrected chi connectivity index (χ1v) is 10.4. The van der Waals surface area contributed by atoms with Gasteiger partial charge in [-0.2, -0.15) is 0 Å². The van der Waals surface area contributed by atoms with E-state index in [-0.39, 0.29) is 0 Å². The van der Waals surface area contributed by atoms with E-state index in [0.29, 0.717) is 23.6 Å². The molecule has 1 aliphatic rings. The first-order valence-electron chi connectivity index (χ1n) is 8.54. The third-order valence-electron chi connectivity index (χ3n) is 4.34. The fourth-order valence-electron chi connectivity index (χ4n) is 2.98. The first kappa shape index (κ1) is 18.0. The van der Waals surface area contributed by atoms with Crippen LogP contribution in [0.25, 0.3) is 0 Å². The third kappa shape index (κ3) is 7.63. The van der Waals surface area contributed by atoms with Gasteiger partial charge >= 0.3 is 0 Å². The van der Waals surface area contributed by atoms with Crippen molar-refractivity contribution in [2.24, 2.45) is 0 Å². The van der Waals surface area contributed by atoms with Crippen LogP contribution in [-0.4, -0.2) is 32.0 Å². The molecule has 1 saturated heterocycles. The van der Waals surface area contributed by atoms with E-state index in [1.807, 2.05) is 0 Å². The fourth-order valence-corrected chi connectivity index (χ4v) is 4.47. The summed E-state index contributed by atoms with van der Waals surface area (Å²) in [5.41, 5.74) is 0. The summed E-state index contributed by atoms with van der Waals surface area (Å²) < 4.78 is 23.0. The van der Waals surface area contributed by atoms with Crippen molar-refractivity contribution in [1.82, 2.24) is 5.32 Å². The van der Waals surface area contributed by atoms with Crippen LogP contribution >= 0.6 is 0 Å². The number of unbranched alkanes of at least 4 members (excludes halogenated alkanes) is 4. The van der Waals surface area contributed by atoms with Gasteiger partial charge in [0.25, 0.3) is 0 Å². The fraction of sp³-hybridized carbons (Fsp3) is 1.00. The summed E-state index contributed by atoms with van der Waals surface area (Å²) in [7, 11) is -2.73. The molecule has 1 N–H and O–H groups in total. The molecule has 0 aromatic rings. The number of rotatable bonds is 10. The van der Waals surface area contributed by atoms with Crippen LogP contribution in [0.2, 0.25) is 0 Å². The maximum absolute atomic E-state index is 11.5. The topological polar surface area (TPSA) is 46.2 Å². The van der Waals surface area contributed by atoms with Crippen LogP contribution in [0.5, 0.6) is 0 Å². The van der Waals surface area contributed by atoms with Crippen molar-refractivity contribution >= 4 is 9.84 Å². The van der Waals surface area contributed by atoms with E-state index in [1.165, 1.54) is 51.4 Å². The summed E-state index contributed by atoms with van der Waals surface area (Å²) in [6, 6.07) is 1.02. The molecule has 1 fully saturated rings. The highest BCUT2D eigenvalue weighted by Gasteiger charge is 2.24. The van der Waals surface area contributed by atoms with Crippen molar-refractivity contribution in [3.05, 3.63) is 0 Å². The van der Waals surface area contributed by atoms with Gasteiger partial charge in [-0.05, 0) is 25.7 Å². The van der Waals surface area contributed by atoms with Crippen LogP contribution in [-0.2, 0) is 9.84 Å². The van der Waals surface area contributed by atoms with Gasteiger partial charge in [-0.15, -0.1) is 0 Å². The molecule has 20 heavy (non-hydrogen) atoms. The Morgan fingerprint density at radius 3 is 1.90 bits per heavy atom. The van der Waals surface area contributed by atoms with Gasteiger partial charge in [0.1, 0.15) is 9.84 Å². The zero-order valence-corrected chi connectivity index (χ0v) is 14.2. The van der Waals surface area contributed by atoms with Crippen molar-refractivity contribution < 1.29 is 8.42 Å². The Labute approximate surface area is 125 Å². The molecule has 0 saturated carbocycles. The maximum Gasteiger partial charge on any atom is 0.150 e. The minimum absolute atomic E-state index is 0.376. The maximum atomic E-state index is 11.5. The summed E-state index contributed by atoms with van der Waals surface area (Å²) in [4.78, 5) is 0. The van der Waals surface area contributed by atoms with E-state index in [9.17, 15) is 8.42 Å². The Balaban J connectivity index is 2.34. The molecule has 0 aliphatic carbocycles. The monoisotopic (exact) mass is 303 g/mol. The van der Waals surface area contributed by atoms with E-state index in [4.69, 9.17) is 0 Å². The first-order chi connectivity index (χ1) is 9.57. The number of nitrogens with one attached hydrogen (secondary N) is 1. The van der Waals surface area contributed by atoms with E-state index >= 15 is 0 Å².